The van der Waals surface area contributed by atoms with E-state index in [9.17, 15) is 28.0 Å². The highest BCUT2D eigenvalue weighted by atomic mass is 19.1. The molecule has 0 radical (unpaired) electrons. The third kappa shape index (κ3) is 5.22. The van der Waals surface area contributed by atoms with E-state index >= 15 is 0 Å². The summed E-state index contributed by atoms with van der Waals surface area (Å²) in [5.74, 6) is -4.66. The smallest absolute Gasteiger partial charge is 0.259 e. The number of hydrogen-bond acceptors (Lipinski definition) is 4. The number of hydrogen-bond donors (Lipinski definition) is 2. The molecule has 180 valence electrons. The van der Waals surface area contributed by atoms with E-state index in [0.717, 1.165) is 12.1 Å². The van der Waals surface area contributed by atoms with Crippen LogP contribution in [0.3, 0.4) is 0 Å². The van der Waals surface area contributed by atoms with Gasteiger partial charge in [0.2, 0.25) is 11.8 Å². The molecule has 3 rings (SSSR count). The van der Waals surface area contributed by atoms with Crippen LogP contribution in [0.4, 0.5) is 20.2 Å². The molecule has 1 atom stereocenters. The number of anilines is 2. The average molecular weight is 472 g/mol. The van der Waals surface area contributed by atoms with Crippen LogP contribution in [-0.4, -0.2) is 49.8 Å². The molecular weight excluding hydrogens is 446 g/mol. The summed E-state index contributed by atoms with van der Waals surface area (Å²) in [6.45, 7) is 3.36. The Morgan fingerprint density at radius 3 is 1.91 bits per heavy atom. The molecule has 0 aliphatic carbocycles. The third-order valence-corrected chi connectivity index (χ3v) is 5.60. The zero-order valence-corrected chi connectivity index (χ0v) is 19.3. The molecule has 1 aliphatic heterocycles. The molecule has 34 heavy (non-hydrogen) atoms. The predicted molar refractivity (Wildman–Crippen MR) is 122 cm³/mol. The molecule has 0 saturated heterocycles. The molecule has 0 saturated carbocycles. The third-order valence-electron chi connectivity index (χ3n) is 5.60. The Morgan fingerprint density at radius 2 is 1.44 bits per heavy atom. The highest BCUT2D eigenvalue weighted by Crippen LogP contribution is 2.31. The van der Waals surface area contributed by atoms with Crippen molar-refractivity contribution in [1.82, 2.24) is 10.6 Å². The van der Waals surface area contributed by atoms with Crippen LogP contribution in [0.5, 0.6) is 0 Å². The fraction of sp³-hybridized carbons (Fsp3) is 0.333. The molecule has 1 heterocycles. The summed E-state index contributed by atoms with van der Waals surface area (Å²) in [5, 5.41) is 5.00. The van der Waals surface area contributed by atoms with Crippen LogP contribution in [0.25, 0.3) is 0 Å². The van der Waals surface area contributed by atoms with Gasteiger partial charge in [0, 0.05) is 20.2 Å². The van der Waals surface area contributed by atoms with Crippen LogP contribution in [-0.2, 0) is 25.6 Å². The number of likely N-dealkylation sites (N-methyl/N-ethyl adjacent to an activating group) is 2. The van der Waals surface area contributed by atoms with Crippen LogP contribution in [0.15, 0.2) is 42.5 Å². The Kier molecular flexibility index (Phi) is 7.29. The van der Waals surface area contributed by atoms with Crippen molar-refractivity contribution in [2.24, 2.45) is 5.92 Å². The van der Waals surface area contributed by atoms with E-state index in [2.05, 4.69) is 10.6 Å². The molecule has 0 aromatic heterocycles. The van der Waals surface area contributed by atoms with Gasteiger partial charge >= 0.3 is 0 Å². The first-order valence-corrected chi connectivity index (χ1v) is 10.7. The van der Waals surface area contributed by atoms with E-state index in [-0.39, 0.29) is 12.0 Å². The molecule has 10 heteroatoms. The van der Waals surface area contributed by atoms with Crippen molar-refractivity contribution in [1.29, 1.82) is 0 Å². The predicted octanol–water partition coefficient (Wildman–Crippen LogP) is 1.77. The number of rotatable bonds is 6. The van der Waals surface area contributed by atoms with Gasteiger partial charge in [0.05, 0.1) is 17.8 Å². The van der Waals surface area contributed by atoms with Gasteiger partial charge < -0.3 is 20.4 Å². The summed E-state index contributed by atoms with van der Waals surface area (Å²) in [5.41, 5.74) is 1.13. The number of amides is 4. The molecule has 0 bridgehead atoms. The van der Waals surface area contributed by atoms with Gasteiger partial charge in [-0.05, 0) is 35.7 Å². The Morgan fingerprint density at radius 1 is 0.941 bits per heavy atom. The van der Waals surface area contributed by atoms with Gasteiger partial charge in [-0.25, -0.2) is 8.78 Å². The SMILES string of the molecule is CC(C)[C@H](NC(=O)Cc1cc(F)cc(F)c1)C(=O)NC1C(=O)N(C)c2ccccc2N(C)C1=O. The monoisotopic (exact) mass is 472 g/mol. The summed E-state index contributed by atoms with van der Waals surface area (Å²) < 4.78 is 26.8. The van der Waals surface area contributed by atoms with Gasteiger partial charge in [0.25, 0.3) is 11.8 Å². The summed E-state index contributed by atoms with van der Waals surface area (Å²) >= 11 is 0. The molecule has 1 aliphatic rings. The topological polar surface area (TPSA) is 98.8 Å². The van der Waals surface area contributed by atoms with E-state index in [1.807, 2.05) is 0 Å². The van der Waals surface area contributed by atoms with E-state index in [1.165, 1.54) is 23.9 Å². The van der Waals surface area contributed by atoms with Gasteiger partial charge in [0.1, 0.15) is 17.7 Å². The second-order valence-electron chi connectivity index (χ2n) is 8.47. The molecule has 0 spiro atoms. The minimum absolute atomic E-state index is 0.105. The van der Waals surface area contributed by atoms with Gasteiger partial charge in [0.15, 0.2) is 6.04 Å². The summed E-state index contributed by atoms with van der Waals surface area (Å²) in [6.07, 6.45) is -0.354. The largest absolute Gasteiger partial charge is 0.344 e. The van der Waals surface area contributed by atoms with Gasteiger partial charge in [-0.15, -0.1) is 0 Å². The van der Waals surface area contributed by atoms with Crippen molar-refractivity contribution in [3.63, 3.8) is 0 Å². The maximum absolute atomic E-state index is 13.4. The minimum atomic E-state index is -1.50. The van der Waals surface area contributed by atoms with E-state index in [0.29, 0.717) is 17.4 Å². The van der Waals surface area contributed by atoms with E-state index < -0.39 is 53.3 Å². The van der Waals surface area contributed by atoms with Crippen molar-refractivity contribution in [2.45, 2.75) is 32.4 Å². The number of halogens is 2. The normalized spacial score (nSPS) is 15.1. The molecule has 2 aromatic carbocycles. The number of nitrogens with zero attached hydrogens (tertiary/aromatic N) is 2. The average Bonchev–Trinajstić information content (AvgIpc) is 2.83. The summed E-state index contributed by atoms with van der Waals surface area (Å²) in [4.78, 5) is 54.2. The van der Waals surface area contributed by atoms with Gasteiger partial charge in [-0.3, -0.25) is 19.2 Å². The molecule has 0 unspecified atom stereocenters. The molecule has 8 nitrogen and oxygen atoms in total. The number of carbonyl (C=O) groups excluding carboxylic acids is 4. The minimum Gasteiger partial charge on any atom is -0.344 e. The molecular formula is C24H26F2N4O4. The lowest BCUT2D eigenvalue weighted by atomic mass is 10.0. The Hall–Kier alpha value is -3.82. The quantitative estimate of drug-likeness (QED) is 0.626. The highest BCUT2D eigenvalue weighted by Gasteiger charge is 2.40. The number of para-hydroxylation sites is 2. The molecule has 4 amide bonds. The van der Waals surface area contributed by atoms with Crippen molar-refractivity contribution in [2.75, 3.05) is 23.9 Å². The molecule has 2 N–H and O–H groups in total. The maximum atomic E-state index is 13.4. The first kappa shape index (κ1) is 24.8. The highest BCUT2D eigenvalue weighted by molar-refractivity contribution is 6.21. The number of nitrogens with one attached hydrogen (secondary N) is 2. The van der Waals surface area contributed by atoms with Gasteiger partial charge in [-0.1, -0.05) is 26.0 Å². The number of carbonyl (C=O) groups is 4. The first-order valence-electron chi connectivity index (χ1n) is 10.7. The summed E-state index contributed by atoms with van der Waals surface area (Å²) in [7, 11) is 3.01. The lowest BCUT2D eigenvalue weighted by Crippen LogP contribution is -2.59. The molecule has 2 aromatic rings. The van der Waals surface area contributed by atoms with Gasteiger partial charge in [-0.2, -0.15) is 0 Å². The van der Waals surface area contributed by atoms with Crippen molar-refractivity contribution in [3.8, 4) is 0 Å². The van der Waals surface area contributed by atoms with Crippen molar-refractivity contribution in [3.05, 3.63) is 59.7 Å². The first-order chi connectivity index (χ1) is 16.0. The fourth-order valence-electron chi connectivity index (χ4n) is 3.78. The van der Waals surface area contributed by atoms with E-state index in [1.54, 1.807) is 38.1 Å². The van der Waals surface area contributed by atoms with E-state index in [4.69, 9.17) is 0 Å². The lowest BCUT2D eigenvalue weighted by molar-refractivity contribution is -0.136. The Bertz CT molecular complexity index is 1080. The Labute approximate surface area is 195 Å². The van der Waals surface area contributed by atoms with Crippen LogP contribution in [0, 0.1) is 17.6 Å². The van der Waals surface area contributed by atoms with Crippen LogP contribution in [0.1, 0.15) is 19.4 Å². The Balaban J connectivity index is 1.76. The number of benzene rings is 2. The second kappa shape index (κ2) is 9.98. The fourth-order valence-corrected chi connectivity index (χ4v) is 3.78. The summed E-state index contributed by atoms with van der Waals surface area (Å²) in [6, 6.07) is 7.00. The van der Waals surface area contributed by atoms with Crippen LogP contribution in [0.2, 0.25) is 0 Å². The standard InChI is InChI=1S/C24H26F2N4O4/c1-13(2)20(27-19(31)11-14-9-15(25)12-16(26)10-14)22(32)28-21-23(33)29(3)17-7-5-6-8-18(17)30(4)24(21)34/h5-10,12-13,20-21H,11H2,1-4H3,(H,27,31)(H,28,32)/t20-/m0/s1. The second-order valence-corrected chi connectivity index (χ2v) is 8.47. The van der Waals surface area contributed by atoms with Crippen molar-refractivity contribution < 1.29 is 28.0 Å². The number of fused-ring (bicyclic) bond motifs is 1. The molecule has 0 fully saturated rings. The van der Waals surface area contributed by atoms with Crippen LogP contribution < -0.4 is 20.4 Å². The lowest BCUT2D eigenvalue weighted by Gasteiger charge is -2.26. The van der Waals surface area contributed by atoms with Crippen molar-refractivity contribution >= 4 is 35.0 Å². The zero-order valence-electron chi connectivity index (χ0n) is 19.3. The zero-order chi connectivity index (χ0) is 25.2. The maximum Gasteiger partial charge on any atom is 0.259 e. The van der Waals surface area contributed by atoms with Crippen LogP contribution >= 0.6 is 0 Å².